The highest BCUT2D eigenvalue weighted by molar-refractivity contribution is 5.60. The standard InChI is InChI=1S/C21H20F2N4O2/c1-26-20(28)11-18(16-7-8-24-12-17(16)23)25-21(26)27-9-2-10-29-19(13-27)14-3-5-15(22)6-4-14/h3-8,11-12,19H,2,9-10,13H2,1H3/t19-/m1/s1. The molecule has 0 N–H and O–H groups in total. The SMILES string of the molecule is Cn1c(N2CCCO[C@@H](c3ccc(F)cc3)C2)nc(-c2ccncc2F)cc1=O. The van der Waals surface area contributed by atoms with E-state index in [4.69, 9.17) is 4.74 Å². The van der Waals surface area contributed by atoms with Gasteiger partial charge in [0.25, 0.3) is 5.56 Å². The van der Waals surface area contributed by atoms with Gasteiger partial charge < -0.3 is 9.64 Å². The summed E-state index contributed by atoms with van der Waals surface area (Å²) in [5.74, 6) is -0.417. The molecule has 29 heavy (non-hydrogen) atoms. The summed E-state index contributed by atoms with van der Waals surface area (Å²) in [6.45, 7) is 1.60. The van der Waals surface area contributed by atoms with Gasteiger partial charge in [0, 0.05) is 38.0 Å². The lowest BCUT2D eigenvalue weighted by molar-refractivity contribution is 0.0685. The Morgan fingerprint density at radius 1 is 1.17 bits per heavy atom. The Labute approximate surface area is 166 Å². The minimum Gasteiger partial charge on any atom is -0.372 e. The summed E-state index contributed by atoms with van der Waals surface area (Å²) in [6, 6.07) is 8.99. The van der Waals surface area contributed by atoms with Crippen molar-refractivity contribution in [3.8, 4) is 11.3 Å². The first-order chi connectivity index (χ1) is 14.0. The minimum atomic E-state index is -0.539. The van der Waals surface area contributed by atoms with Gasteiger partial charge in [-0.3, -0.25) is 14.3 Å². The second-order valence-corrected chi connectivity index (χ2v) is 6.90. The second-order valence-electron chi connectivity index (χ2n) is 6.90. The van der Waals surface area contributed by atoms with Crippen LogP contribution in [0.15, 0.2) is 53.6 Å². The zero-order valence-corrected chi connectivity index (χ0v) is 15.9. The van der Waals surface area contributed by atoms with Gasteiger partial charge in [-0.1, -0.05) is 12.1 Å². The molecule has 150 valence electrons. The van der Waals surface area contributed by atoms with Crippen molar-refractivity contribution >= 4 is 5.95 Å². The monoisotopic (exact) mass is 398 g/mol. The van der Waals surface area contributed by atoms with Crippen LogP contribution in [0.1, 0.15) is 18.1 Å². The fourth-order valence-electron chi connectivity index (χ4n) is 3.42. The molecule has 0 radical (unpaired) electrons. The zero-order chi connectivity index (χ0) is 20.4. The summed E-state index contributed by atoms with van der Waals surface area (Å²) in [4.78, 5) is 22.8. The smallest absolute Gasteiger partial charge is 0.255 e. The number of hydrogen-bond donors (Lipinski definition) is 0. The molecule has 4 rings (SSSR count). The van der Waals surface area contributed by atoms with Gasteiger partial charge in [-0.25, -0.2) is 13.8 Å². The molecule has 1 aliphatic rings. The van der Waals surface area contributed by atoms with E-state index in [9.17, 15) is 13.6 Å². The number of rotatable bonds is 3. The molecule has 3 heterocycles. The highest BCUT2D eigenvalue weighted by atomic mass is 19.1. The molecule has 2 aromatic heterocycles. The molecule has 0 saturated carbocycles. The van der Waals surface area contributed by atoms with E-state index in [2.05, 4.69) is 9.97 Å². The Morgan fingerprint density at radius 2 is 1.97 bits per heavy atom. The number of pyridine rings is 1. The maximum atomic E-state index is 14.2. The van der Waals surface area contributed by atoms with Crippen molar-refractivity contribution < 1.29 is 13.5 Å². The topological polar surface area (TPSA) is 60.2 Å². The zero-order valence-electron chi connectivity index (χ0n) is 15.9. The van der Waals surface area contributed by atoms with E-state index in [0.717, 1.165) is 18.2 Å². The van der Waals surface area contributed by atoms with Crippen LogP contribution in [-0.2, 0) is 11.8 Å². The van der Waals surface area contributed by atoms with Gasteiger partial charge in [0.05, 0.1) is 18.4 Å². The molecule has 1 aliphatic heterocycles. The van der Waals surface area contributed by atoms with Gasteiger partial charge in [0.2, 0.25) is 5.95 Å². The van der Waals surface area contributed by atoms with Crippen LogP contribution in [0.2, 0.25) is 0 Å². The predicted octanol–water partition coefficient (Wildman–Crippen LogP) is 3.09. The molecule has 0 spiro atoms. The van der Waals surface area contributed by atoms with Gasteiger partial charge >= 0.3 is 0 Å². The lowest BCUT2D eigenvalue weighted by Crippen LogP contribution is -2.34. The van der Waals surface area contributed by atoms with Crippen LogP contribution >= 0.6 is 0 Å². The molecule has 1 aromatic carbocycles. The quantitative estimate of drug-likeness (QED) is 0.679. The van der Waals surface area contributed by atoms with Gasteiger partial charge in [0.1, 0.15) is 11.9 Å². The third-order valence-electron chi connectivity index (χ3n) is 4.96. The normalized spacial score (nSPS) is 17.2. The molecule has 3 aromatic rings. The summed E-state index contributed by atoms with van der Waals surface area (Å²) in [5, 5.41) is 0. The number of benzene rings is 1. The van der Waals surface area contributed by atoms with Gasteiger partial charge in [-0.2, -0.15) is 0 Å². The third kappa shape index (κ3) is 4.02. The first kappa shape index (κ1) is 19.2. The van der Waals surface area contributed by atoms with E-state index >= 15 is 0 Å². The van der Waals surface area contributed by atoms with Crippen molar-refractivity contribution in [2.75, 3.05) is 24.6 Å². The van der Waals surface area contributed by atoms with Crippen LogP contribution in [0, 0.1) is 11.6 Å². The number of ether oxygens (including phenoxy) is 1. The van der Waals surface area contributed by atoms with Crippen LogP contribution in [0.4, 0.5) is 14.7 Å². The van der Waals surface area contributed by atoms with E-state index in [1.807, 2.05) is 4.90 Å². The number of hydrogen-bond acceptors (Lipinski definition) is 5. The average Bonchev–Trinajstić information content (AvgIpc) is 2.97. The van der Waals surface area contributed by atoms with Crippen molar-refractivity contribution in [2.24, 2.45) is 7.05 Å². The maximum Gasteiger partial charge on any atom is 0.255 e. The Kier molecular flexibility index (Phi) is 5.35. The molecule has 0 unspecified atom stereocenters. The van der Waals surface area contributed by atoms with Crippen LogP contribution < -0.4 is 10.5 Å². The lowest BCUT2D eigenvalue weighted by Gasteiger charge is -2.26. The summed E-state index contributed by atoms with van der Waals surface area (Å²) in [7, 11) is 1.63. The van der Waals surface area contributed by atoms with Crippen molar-refractivity contribution in [1.82, 2.24) is 14.5 Å². The first-order valence-electron chi connectivity index (χ1n) is 9.33. The predicted molar refractivity (Wildman–Crippen MR) is 105 cm³/mol. The molecule has 1 atom stereocenters. The third-order valence-corrected chi connectivity index (χ3v) is 4.96. The van der Waals surface area contributed by atoms with E-state index in [0.29, 0.717) is 25.6 Å². The molecular weight excluding hydrogens is 378 g/mol. The van der Waals surface area contributed by atoms with Gasteiger partial charge in [0.15, 0.2) is 5.82 Å². The molecule has 1 saturated heterocycles. The highest BCUT2D eigenvalue weighted by Crippen LogP contribution is 2.26. The molecule has 6 nitrogen and oxygen atoms in total. The van der Waals surface area contributed by atoms with Gasteiger partial charge in [-0.05, 0) is 30.2 Å². The van der Waals surface area contributed by atoms with Crippen molar-refractivity contribution in [1.29, 1.82) is 0 Å². The van der Waals surface area contributed by atoms with Crippen molar-refractivity contribution in [2.45, 2.75) is 12.5 Å². The highest BCUT2D eigenvalue weighted by Gasteiger charge is 2.24. The lowest BCUT2D eigenvalue weighted by atomic mass is 10.1. The maximum absolute atomic E-state index is 14.2. The van der Waals surface area contributed by atoms with Crippen LogP contribution in [0.25, 0.3) is 11.3 Å². The van der Waals surface area contributed by atoms with E-state index < -0.39 is 5.82 Å². The second kappa shape index (κ2) is 8.08. The summed E-state index contributed by atoms with van der Waals surface area (Å²) < 4.78 is 34.8. The van der Waals surface area contributed by atoms with Crippen molar-refractivity contribution in [3.05, 3.63) is 76.3 Å². The van der Waals surface area contributed by atoms with Crippen molar-refractivity contribution in [3.63, 3.8) is 0 Å². The molecular formula is C21H20F2N4O2. The largest absolute Gasteiger partial charge is 0.372 e. The van der Waals surface area contributed by atoms with E-state index in [-0.39, 0.29) is 28.7 Å². The van der Waals surface area contributed by atoms with Crippen LogP contribution in [-0.4, -0.2) is 34.2 Å². The fraction of sp³-hybridized carbons (Fsp3) is 0.286. The summed E-state index contributed by atoms with van der Waals surface area (Å²) in [5.41, 5.74) is 1.04. The Balaban J connectivity index is 1.71. The minimum absolute atomic E-state index is 0.222. The number of aromatic nitrogens is 3. The summed E-state index contributed by atoms with van der Waals surface area (Å²) in [6.07, 6.45) is 3.00. The summed E-state index contributed by atoms with van der Waals surface area (Å²) >= 11 is 0. The Hall–Kier alpha value is -3.13. The van der Waals surface area contributed by atoms with Crippen LogP contribution in [0.5, 0.6) is 0 Å². The molecule has 0 bridgehead atoms. The first-order valence-corrected chi connectivity index (χ1v) is 9.33. The molecule has 1 fully saturated rings. The molecule has 0 amide bonds. The molecule has 0 aliphatic carbocycles. The van der Waals surface area contributed by atoms with E-state index in [1.165, 1.54) is 35.0 Å². The van der Waals surface area contributed by atoms with Gasteiger partial charge in [-0.15, -0.1) is 0 Å². The molecule has 8 heteroatoms. The number of nitrogens with zero attached hydrogens (tertiary/aromatic N) is 4. The Bertz CT molecular complexity index is 1070. The Morgan fingerprint density at radius 3 is 2.72 bits per heavy atom. The van der Waals surface area contributed by atoms with E-state index in [1.54, 1.807) is 19.2 Å². The number of anilines is 1. The number of halogens is 2. The fourth-order valence-corrected chi connectivity index (χ4v) is 3.42. The average molecular weight is 398 g/mol. The van der Waals surface area contributed by atoms with Crippen LogP contribution in [0.3, 0.4) is 0 Å².